The lowest BCUT2D eigenvalue weighted by Crippen LogP contribution is -2.27. The molecule has 0 radical (unpaired) electrons. The van der Waals surface area contributed by atoms with Crippen molar-refractivity contribution in [2.75, 3.05) is 26.9 Å². The summed E-state index contributed by atoms with van der Waals surface area (Å²) in [4.78, 5) is 16.2. The predicted molar refractivity (Wildman–Crippen MR) is 78.5 cm³/mol. The van der Waals surface area contributed by atoms with E-state index < -0.39 is 0 Å². The number of ether oxygens (including phenoxy) is 3. The van der Waals surface area contributed by atoms with Crippen LogP contribution in [0.5, 0.6) is 17.2 Å². The third kappa shape index (κ3) is 2.98. The van der Waals surface area contributed by atoms with Gasteiger partial charge in [0.15, 0.2) is 11.5 Å². The zero-order valence-corrected chi connectivity index (χ0v) is 12.2. The molecular formula is C15H17N3O4. The third-order valence-corrected chi connectivity index (χ3v) is 3.30. The Hall–Kier alpha value is -2.70. The van der Waals surface area contributed by atoms with Crippen LogP contribution in [0.15, 0.2) is 30.9 Å². The van der Waals surface area contributed by atoms with Gasteiger partial charge in [-0.05, 0) is 12.1 Å². The van der Waals surface area contributed by atoms with Gasteiger partial charge in [0.25, 0.3) is 5.91 Å². The van der Waals surface area contributed by atoms with Gasteiger partial charge in [0.1, 0.15) is 13.2 Å². The highest BCUT2D eigenvalue weighted by molar-refractivity contribution is 5.95. The van der Waals surface area contributed by atoms with Crippen molar-refractivity contribution >= 4 is 5.91 Å². The molecule has 0 aliphatic carbocycles. The summed E-state index contributed by atoms with van der Waals surface area (Å²) in [5.41, 5.74) is 0.478. The van der Waals surface area contributed by atoms with Crippen LogP contribution in [0.4, 0.5) is 0 Å². The fraction of sp³-hybridized carbons (Fsp3) is 0.333. The molecule has 1 aliphatic rings. The van der Waals surface area contributed by atoms with Gasteiger partial charge in [0, 0.05) is 31.0 Å². The van der Waals surface area contributed by atoms with E-state index in [0.717, 1.165) is 0 Å². The van der Waals surface area contributed by atoms with E-state index in [9.17, 15) is 4.79 Å². The van der Waals surface area contributed by atoms with E-state index >= 15 is 0 Å². The largest absolute Gasteiger partial charge is 0.493 e. The van der Waals surface area contributed by atoms with Crippen molar-refractivity contribution in [2.45, 2.75) is 6.54 Å². The number of rotatable bonds is 5. The van der Waals surface area contributed by atoms with Crippen LogP contribution in [-0.4, -0.2) is 42.3 Å². The third-order valence-electron chi connectivity index (χ3n) is 3.30. The van der Waals surface area contributed by atoms with Crippen LogP contribution in [-0.2, 0) is 6.54 Å². The molecule has 0 bridgehead atoms. The maximum absolute atomic E-state index is 12.2. The fourth-order valence-electron chi connectivity index (χ4n) is 2.22. The van der Waals surface area contributed by atoms with Crippen molar-refractivity contribution in [3.8, 4) is 17.2 Å². The van der Waals surface area contributed by atoms with E-state index in [1.165, 1.54) is 7.11 Å². The average Bonchev–Trinajstić information content (AvgIpc) is 3.07. The number of fused-ring (bicyclic) bond motifs is 1. The molecule has 116 valence electrons. The van der Waals surface area contributed by atoms with Crippen molar-refractivity contribution in [1.29, 1.82) is 0 Å². The molecule has 0 fully saturated rings. The van der Waals surface area contributed by atoms with E-state index in [0.29, 0.717) is 49.1 Å². The number of benzene rings is 1. The second-order valence-electron chi connectivity index (χ2n) is 4.76. The Kier molecular flexibility index (Phi) is 4.13. The summed E-state index contributed by atoms with van der Waals surface area (Å²) < 4.78 is 18.2. The van der Waals surface area contributed by atoms with Gasteiger partial charge in [-0.1, -0.05) is 0 Å². The zero-order valence-electron chi connectivity index (χ0n) is 12.2. The first kappa shape index (κ1) is 14.2. The van der Waals surface area contributed by atoms with Gasteiger partial charge < -0.3 is 24.1 Å². The highest BCUT2D eigenvalue weighted by atomic mass is 16.6. The normalized spacial score (nSPS) is 12.8. The molecule has 0 saturated carbocycles. The Bertz CT molecular complexity index is 638. The lowest BCUT2D eigenvalue weighted by atomic mass is 10.1. The molecule has 0 atom stereocenters. The first-order chi connectivity index (χ1) is 10.8. The highest BCUT2D eigenvalue weighted by Crippen LogP contribution is 2.40. The molecule has 1 amide bonds. The van der Waals surface area contributed by atoms with Crippen LogP contribution < -0.4 is 19.5 Å². The van der Waals surface area contributed by atoms with E-state index in [1.54, 1.807) is 24.7 Å². The smallest absolute Gasteiger partial charge is 0.251 e. The van der Waals surface area contributed by atoms with E-state index in [-0.39, 0.29) is 5.91 Å². The summed E-state index contributed by atoms with van der Waals surface area (Å²) in [5.74, 6) is 1.39. The Morgan fingerprint density at radius 3 is 3.05 bits per heavy atom. The van der Waals surface area contributed by atoms with Crippen molar-refractivity contribution < 1.29 is 19.0 Å². The second kappa shape index (κ2) is 6.38. The first-order valence-corrected chi connectivity index (χ1v) is 6.99. The molecule has 22 heavy (non-hydrogen) atoms. The number of hydrogen-bond acceptors (Lipinski definition) is 5. The molecule has 2 aromatic rings. The van der Waals surface area contributed by atoms with Crippen LogP contribution >= 0.6 is 0 Å². The number of methoxy groups -OCH3 is 1. The lowest BCUT2D eigenvalue weighted by Gasteiger charge is -2.21. The average molecular weight is 303 g/mol. The molecule has 7 heteroatoms. The molecule has 7 nitrogen and oxygen atoms in total. The number of carbonyl (C=O) groups is 1. The van der Waals surface area contributed by atoms with Crippen molar-refractivity contribution in [3.63, 3.8) is 0 Å². The molecule has 0 saturated heterocycles. The molecule has 0 spiro atoms. The molecule has 1 N–H and O–H groups in total. The maximum atomic E-state index is 12.2. The number of hydrogen-bond donors (Lipinski definition) is 1. The quantitative estimate of drug-likeness (QED) is 0.895. The minimum absolute atomic E-state index is 0.185. The van der Waals surface area contributed by atoms with Gasteiger partial charge in [0.2, 0.25) is 5.75 Å². The topological polar surface area (TPSA) is 74.6 Å². The SMILES string of the molecule is COc1cc(C(=O)NCCn2ccnc2)cc2c1OCCO2. The monoisotopic (exact) mass is 303 g/mol. The molecule has 0 unspecified atom stereocenters. The van der Waals surface area contributed by atoms with Crippen molar-refractivity contribution in [1.82, 2.24) is 14.9 Å². The Morgan fingerprint density at radius 1 is 1.41 bits per heavy atom. The Labute approximate surface area is 127 Å². The number of amides is 1. The van der Waals surface area contributed by atoms with E-state index in [1.807, 2.05) is 10.8 Å². The number of imidazole rings is 1. The number of nitrogens with zero attached hydrogens (tertiary/aromatic N) is 2. The molecule has 1 aliphatic heterocycles. The number of nitrogens with one attached hydrogen (secondary N) is 1. The summed E-state index contributed by atoms with van der Waals surface area (Å²) in [5, 5.41) is 2.86. The van der Waals surface area contributed by atoms with Gasteiger partial charge in [-0.3, -0.25) is 4.79 Å². The molecule has 1 aromatic carbocycles. The lowest BCUT2D eigenvalue weighted by molar-refractivity contribution is 0.0950. The predicted octanol–water partition coefficient (Wildman–Crippen LogP) is 1.09. The van der Waals surface area contributed by atoms with Crippen LogP contribution in [0.25, 0.3) is 0 Å². The Balaban J connectivity index is 1.69. The highest BCUT2D eigenvalue weighted by Gasteiger charge is 2.20. The Morgan fingerprint density at radius 2 is 2.27 bits per heavy atom. The second-order valence-corrected chi connectivity index (χ2v) is 4.76. The fourth-order valence-corrected chi connectivity index (χ4v) is 2.22. The summed E-state index contributed by atoms with van der Waals surface area (Å²) in [6.45, 7) is 2.10. The molecular weight excluding hydrogens is 286 g/mol. The van der Waals surface area contributed by atoms with Crippen LogP contribution in [0.2, 0.25) is 0 Å². The summed E-state index contributed by atoms with van der Waals surface area (Å²) >= 11 is 0. The van der Waals surface area contributed by atoms with Crippen LogP contribution in [0.3, 0.4) is 0 Å². The van der Waals surface area contributed by atoms with Gasteiger partial charge in [0.05, 0.1) is 13.4 Å². The van der Waals surface area contributed by atoms with Gasteiger partial charge in [-0.15, -0.1) is 0 Å². The number of aromatic nitrogens is 2. The molecule has 3 rings (SSSR count). The zero-order chi connectivity index (χ0) is 15.4. The maximum Gasteiger partial charge on any atom is 0.251 e. The molecule has 1 aromatic heterocycles. The van der Waals surface area contributed by atoms with Gasteiger partial charge >= 0.3 is 0 Å². The van der Waals surface area contributed by atoms with E-state index in [4.69, 9.17) is 14.2 Å². The minimum Gasteiger partial charge on any atom is -0.493 e. The summed E-state index contributed by atoms with van der Waals surface area (Å²) in [6.07, 6.45) is 5.26. The number of carbonyl (C=O) groups excluding carboxylic acids is 1. The van der Waals surface area contributed by atoms with Crippen molar-refractivity contribution in [2.24, 2.45) is 0 Å². The minimum atomic E-state index is -0.185. The van der Waals surface area contributed by atoms with Crippen LogP contribution in [0, 0.1) is 0 Å². The summed E-state index contributed by atoms with van der Waals surface area (Å²) in [6, 6.07) is 3.32. The van der Waals surface area contributed by atoms with Crippen LogP contribution in [0.1, 0.15) is 10.4 Å². The molecule has 2 heterocycles. The van der Waals surface area contributed by atoms with Gasteiger partial charge in [-0.25, -0.2) is 4.98 Å². The van der Waals surface area contributed by atoms with E-state index in [2.05, 4.69) is 10.3 Å². The van der Waals surface area contributed by atoms with Crippen molar-refractivity contribution in [3.05, 3.63) is 36.4 Å². The van der Waals surface area contributed by atoms with Gasteiger partial charge in [-0.2, -0.15) is 0 Å². The first-order valence-electron chi connectivity index (χ1n) is 6.99. The standard InChI is InChI=1S/C15H17N3O4/c1-20-12-8-11(9-13-14(12)22-7-6-21-13)15(19)17-3-5-18-4-2-16-10-18/h2,4,8-10H,3,5-7H2,1H3,(H,17,19). The summed E-state index contributed by atoms with van der Waals surface area (Å²) in [7, 11) is 1.54.